The second-order valence-corrected chi connectivity index (χ2v) is 2.75. The lowest BCUT2D eigenvalue weighted by molar-refractivity contribution is 0.255. The van der Waals surface area contributed by atoms with Crippen LogP contribution in [0.15, 0.2) is 0 Å². The van der Waals surface area contributed by atoms with E-state index < -0.39 is 6.03 Å². The van der Waals surface area contributed by atoms with Crippen molar-refractivity contribution in [3.05, 3.63) is 10.6 Å². The van der Waals surface area contributed by atoms with Crippen molar-refractivity contribution in [2.75, 3.05) is 11.9 Å². The van der Waals surface area contributed by atoms with Gasteiger partial charge in [0.15, 0.2) is 0 Å². The van der Waals surface area contributed by atoms with E-state index >= 15 is 0 Å². The molecule has 1 aromatic rings. The van der Waals surface area contributed by atoms with Gasteiger partial charge in [0.05, 0.1) is 0 Å². The summed E-state index contributed by atoms with van der Waals surface area (Å²) in [6, 6.07) is -0.710. The zero-order valence-corrected chi connectivity index (χ0v) is 8.04. The van der Waals surface area contributed by atoms with Crippen LogP contribution in [0.4, 0.5) is 10.7 Å². The molecule has 0 saturated carbocycles. The first-order chi connectivity index (χ1) is 6.00. The van der Waals surface area contributed by atoms with Gasteiger partial charge in [0.1, 0.15) is 0 Å². The number of rotatable bonds is 1. The van der Waals surface area contributed by atoms with Gasteiger partial charge in [0, 0.05) is 7.05 Å². The molecule has 0 aliphatic carbocycles. The van der Waals surface area contributed by atoms with Crippen LogP contribution in [0.25, 0.3) is 0 Å². The molecule has 2 N–H and O–H groups in total. The number of carbonyl (C=O) groups is 1. The molecule has 13 heavy (non-hydrogen) atoms. The third-order valence-corrected chi connectivity index (χ3v) is 1.54. The Kier molecular flexibility index (Phi) is 2.84. The zero-order chi connectivity index (χ0) is 10.0. The first-order valence-electron chi connectivity index (χ1n) is 3.11. The Bertz CT molecular complexity index is 323. The van der Waals surface area contributed by atoms with Gasteiger partial charge >= 0.3 is 6.03 Å². The Morgan fingerprint density at radius 3 is 2.15 bits per heavy atom. The summed E-state index contributed by atoms with van der Waals surface area (Å²) in [5.41, 5.74) is 4.97. The fourth-order valence-corrected chi connectivity index (χ4v) is 0.919. The number of halogens is 2. The highest BCUT2D eigenvalue weighted by atomic mass is 35.5. The average Bonchev–Trinajstić information content (AvgIpc) is 2.01. The molecule has 0 spiro atoms. The Labute approximate surface area is 83.7 Å². The lowest BCUT2D eigenvalue weighted by atomic mass is 10.7. The minimum atomic E-state index is -0.710. The van der Waals surface area contributed by atoms with Crippen molar-refractivity contribution in [2.45, 2.75) is 0 Å². The first-order valence-corrected chi connectivity index (χ1v) is 3.86. The quantitative estimate of drug-likeness (QED) is 0.757. The van der Waals surface area contributed by atoms with Crippen LogP contribution in [-0.4, -0.2) is 28.0 Å². The third-order valence-electron chi connectivity index (χ3n) is 1.20. The molecule has 70 valence electrons. The van der Waals surface area contributed by atoms with Gasteiger partial charge in [-0.05, 0) is 23.2 Å². The number of nitrogens with zero attached hydrogens (tertiary/aromatic N) is 4. The maximum atomic E-state index is 10.7. The fourth-order valence-electron chi connectivity index (χ4n) is 0.565. The SMILES string of the molecule is CN(C(N)=O)c1nc(Cl)nc(Cl)n1. The standard InChI is InChI=1S/C5H5Cl2N5O/c1-12(4(8)13)5-10-2(6)9-3(7)11-5/h1H3,(H2,8,13). The van der Waals surface area contributed by atoms with Crippen molar-refractivity contribution in [1.29, 1.82) is 0 Å². The molecule has 0 atom stereocenters. The molecule has 0 fully saturated rings. The Morgan fingerprint density at radius 2 is 1.77 bits per heavy atom. The Hall–Kier alpha value is -1.14. The molecule has 0 aromatic carbocycles. The summed E-state index contributed by atoms with van der Waals surface area (Å²) in [5.74, 6) is 0.0116. The molecule has 2 amide bonds. The molecule has 0 aliphatic heterocycles. The van der Waals surface area contributed by atoms with Gasteiger partial charge in [0.2, 0.25) is 16.5 Å². The number of urea groups is 1. The van der Waals surface area contributed by atoms with Crippen LogP contribution >= 0.6 is 23.2 Å². The largest absolute Gasteiger partial charge is 0.351 e. The molecular weight excluding hydrogens is 217 g/mol. The number of hydrogen-bond donors (Lipinski definition) is 1. The second kappa shape index (κ2) is 3.71. The lowest BCUT2D eigenvalue weighted by Gasteiger charge is -2.10. The zero-order valence-electron chi connectivity index (χ0n) is 6.53. The van der Waals surface area contributed by atoms with Crippen LogP contribution in [0, 0.1) is 0 Å². The minimum Gasteiger partial charge on any atom is -0.351 e. The molecule has 1 aromatic heterocycles. The summed E-state index contributed by atoms with van der Waals surface area (Å²) in [4.78, 5) is 22.5. The second-order valence-electron chi connectivity index (χ2n) is 2.07. The van der Waals surface area contributed by atoms with Gasteiger partial charge in [-0.15, -0.1) is 0 Å². The maximum Gasteiger partial charge on any atom is 0.321 e. The van der Waals surface area contributed by atoms with E-state index in [2.05, 4.69) is 15.0 Å². The van der Waals surface area contributed by atoms with E-state index in [1.54, 1.807) is 0 Å². The van der Waals surface area contributed by atoms with Crippen molar-refractivity contribution in [2.24, 2.45) is 5.73 Å². The molecule has 0 radical (unpaired) electrons. The topological polar surface area (TPSA) is 85.0 Å². The van der Waals surface area contributed by atoms with Crippen LogP contribution in [-0.2, 0) is 0 Å². The van der Waals surface area contributed by atoms with Crippen molar-refractivity contribution in [3.8, 4) is 0 Å². The first kappa shape index (κ1) is 9.94. The molecule has 0 aliphatic rings. The van der Waals surface area contributed by atoms with Crippen LogP contribution < -0.4 is 10.6 Å². The maximum absolute atomic E-state index is 10.7. The number of carbonyl (C=O) groups excluding carboxylic acids is 1. The highest BCUT2D eigenvalue weighted by molar-refractivity contribution is 6.31. The summed E-state index contributed by atoms with van der Waals surface area (Å²) < 4.78 is 0. The Balaban J connectivity index is 3.07. The van der Waals surface area contributed by atoms with Crippen LogP contribution in [0.1, 0.15) is 0 Å². The minimum absolute atomic E-state index is 0.0116. The molecule has 8 heteroatoms. The van der Waals surface area contributed by atoms with Crippen LogP contribution in [0.3, 0.4) is 0 Å². The molecule has 6 nitrogen and oxygen atoms in total. The molecule has 1 heterocycles. The van der Waals surface area contributed by atoms with Gasteiger partial charge in [-0.2, -0.15) is 15.0 Å². The lowest BCUT2D eigenvalue weighted by Crippen LogP contribution is -2.33. The smallest absolute Gasteiger partial charge is 0.321 e. The fraction of sp³-hybridized carbons (Fsp3) is 0.200. The normalized spacial score (nSPS) is 9.77. The van der Waals surface area contributed by atoms with E-state index in [0.29, 0.717) is 0 Å². The average molecular weight is 222 g/mol. The predicted octanol–water partition coefficient (Wildman–Crippen LogP) is 0.693. The summed E-state index contributed by atoms with van der Waals surface area (Å²) in [6.07, 6.45) is 0. The van der Waals surface area contributed by atoms with Crippen molar-refractivity contribution < 1.29 is 4.79 Å². The summed E-state index contributed by atoms with van der Waals surface area (Å²) in [5, 5.41) is -0.189. The van der Waals surface area contributed by atoms with Crippen molar-refractivity contribution in [3.63, 3.8) is 0 Å². The van der Waals surface area contributed by atoms with Crippen molar-refractivity contribution >= 4 is 35.2 Å². The highest BCUT2D eigenvalue weighted by Crippen LogP contribution is 2.11. The van der Waals surface area contributed by atoms with Crippen LogP contribution in [0.2, 0.25) is 10.6 Å². The number of nitrogens with two attached hydrogens (primary N) is 1. The number of amides is 2. The van der Waals surface area contributed by atoms with E-state index in [1.807, 2.05) is 0 Å². The number of aromatic nitrogens is 3. The summed E-state index contributed by atoms with van der Waals surface area (Å²) in [7, 11) is 1.39. The monoisotopic (exact) mass is 221 g/mol. The molecule has 0 unspecified atom stereocenters. The number of primary amides is 1. The van der Waals surface area contributed by atoms with Gasteiger partial charge < -0.3 is 5.73 Å². The van der Waals surface area contributed by atoms with Gasteiger partial charge in [-0.3, -0.25) is 4.90 Å². The Morgan fingerprint density at radius 1 is 1.31 bits per heavy atom. The highest BCUT2D eigenvalue weighted by Gasteiger charge is 2.11. The van der Waals surface area contributed by atoms with E-state index in [9.17, 15) is 4.79 Å². The van der Waals surface area contributed by atoms with E-state index in [4.69, 9.17) is 28.9 Å². The molecular formula is C5H5Cl2N5O. The van der Waals surface area contributed by atoms with Gasteiger partial charge in [0.25, 0.3) is 0 Å². The van der Waals surface area contributed by atoms with E-state index in [0.717, 1.165) is 4.90 Å². The predicted molar refractivity (Wildman–Crippen MR) is 47.8 cm³/mol. The van der Waals surface area contributed by atoms with E-state index in [1.165, 1.54) is 7.05 Å². The number of hydrogen-bond acceptors (Lipinski definition) is 4. The molecule has 1 rings (SSSR count). The summed E-state index contributed by atoms with van der Waals surface area (Å²) in [6.45, 7) is 0. The molecule has 0 saturated heterocycles. The molecule has 0 bridgehead atoms. The van der Waals surface area contributed by atoms with Gasteiger partial charge in [-0.25, -0.2) is 4.79 Å². The number of anilines is 1. The van der Waals surface area contributed by atoms with Crippen molar-refractivity contribution in [1.82, 2.24) is 15.0 Å². The third kappa shape index (κ3) is 2.40. The van der Waals surface area contributed by atoms with E-state index in [-0.39, 0.29) is 16.5 Å². The summed E-state index contributed by atoms with van der Waals surface area (Å²) >= 11 is 10.9. The van der Waals surface area contributed by atoms with Crippen LogP contribution in [0.5, 0.6) is 0 Å². The van der Waals surface area contributed by atoms with Gasteiger partial charge in [-0.1, -0.05) is 0 Å².